The molecule has 0 saturated carbocycles. The lowest BCUT2D eigenvalue weighted by Crippen LogP contribution is -2.53. The highest BCUT2D eigenvalue weighted by Gasteiger charge is 2.32. The summed E-state index contributed by atoms with van der Waals surface area (Å²) in [6, 6.07) is 18.3. The number of ether oxygens (including phenoxy) is 1. The van der Waals surface area contributed by atoms with Crippen LogP contribution in [-0.4, -0.2) is 24.5 Å². The van der Waals surface area contributed by atoms with Crippen LogP contribution in [0.3, 0.4) is 0 Å². The van der Waals surface area contributed by atoms with Crippen molar-refractivity contribution in [2.45, 2.75) is 25.5 Å². The van der Waals surface area contributed by atoms with Gasteiger partial charge in [0.05, 0.1) is 0 Å². The van der Waals surface area contributed by atoms with E-state index >= 15 is 0 Å². The molecular weight excluding hydrogens is 304 g/mol. The Balaban J connectivity index is 2.06. The summed E-state index contributed by atoms with van der Waals surface area (Å²) in [4.78, 5) is 25.0. The second-order valence-corrected chi connectivity index (χ2v) is 5.96. The summed E-state index contributed by atoms with van der Waals surface area (Å²) in [5.74, 6) is -0.665. The number of anilines is 1. The van der Waals surface area contributed by atoms with Crippen LogP contribution >= 0.6 is 0 Å². The van der Waals surface area contributed by atoms with Crippen LogP contribution in [0.1, 0.15) is 25.5 Å². The minimum Gasteiger partial charge on any atom is -0.367 e. The molecule has 0 saturated heterocycles. The summed E-state index contributed by atoms with van der Waals surface area (Å²) in [5, 5.41) is 5.54. The quantitative estimate of drug-likeness (QED) is 0.858. The topological polar surface area (TPSA) is 67.4 Å². The first kappa shape index (κ1) is 17.7. The number of nitrogens with one attached hydrogen (secondary N) is 2. The average molecular weight is 326 g/mol. The highest BCUT2D eigenvalue weighted by Crippen LogP contribution is 2.18. The number of benzene rings is 2. The molecule has 2 rings (SSSR count). The summed E-state index contributed by atoms with van der Waals surface area (Å²) >= 11 is 0. The zero-order chi connectivity index (χ0) is 17.6. The molecule has 1 atom stereocenters. The van der Waals surface area contributed by atoms with Gasteiger partial charge in [0.1, 0.15) is 5.54 Å². The smallest absolute Gasteiger partial charge is 0.254 e. The largest absolute Gasteiger partial charge is 0.367 e. The van der Waals surface area contributed by atoms with Crippen LogP contribution in [0.15, 0.2) is 60.7 Å². The van der Waals surface area contributed by atoms with Crippen molar-refractivity contribution < 1.29 is 14.3 Å². The predicted molar refractivity (Wildman–Crippen MR) is 93.5 cm³/mol. The average Bonchev–Trinajstić information content (AvgIpc) is 2.57. The van der Waals surface area contributed by atoms with Gasteiger partial charge in [0, 0.05) is 12.8 Å². The molecule has 2 amide bonds. The van der Waals surface area contributed by atoms with Gasteiger partial charge in [-0.3, -0.25) is 9.59 Å². The fourth-order valence-electron chi connectivity index (χ4n) is 2.26. The molecule has 126 valence electrons. The van der Waals surface area contributed by atoms with E-state index in [1.54, 1.807) is 26.0 Å². The summed E-state index contributed by atoms with van der Waals surface area (Å²) in [6.45, 7) is 3.31. The Morgan fingerprint density at radius 2 is 1.50 bits per heavy atom. The molecule has 0 aliphatic carbocycles. The number of amides is 2. The van der Waals surface area contributed by atoms with Crippen LogP contribution < -0.4 is 10.6 Å². The number of carbonyl (C=O) groups is 2. The number of para-hydroxylation sites is 1. The summed E-state index contributed by atoms with van der Waals surface area (Å²) < 4.78 is 5.30. The normalized spacial score (nSPS) is 12.3. The highest BCUT2D eigenvalue weighted by molar-refractivity contribution is 6.00. The van der Waals surface area contributed by atoms with Crippen molar-refractivity contribution in [3.8, 4) is 0 Å². The van der Waals surface area contributed by atoms with Crippen LogP contribution in [0, 0.1) is 0 Å². The first-order valence-electron chi connectivity index (χ1n) is 7.70. The van der Waals surface area contributed by atoms with Crippen molar-refractivity contribution in [1.29, 1.82) is 0 Å². The number of hydrogen-bond acceptors (Lipinski definition) is 3. The van der Waals surface area contributed by atoms with Crippen molar-refractivity contribution in [3.05, 3.63) is 66.2 Å². The first-order chi connectivity index (χ1) is 11.4. The monoisotopic (exact) mass is 326 g/mol. The van der Waals surface area contributed by atoms with E-state index in [4.69, 9.17) is 4.74 Å². The van der Waals surface area contributed by atoms with E-state index in [0.29, 0.717) is 5.69 Å². The van der Waals surface area contributed by atoms with Gasteiger partial charge >= 0.3 is 0 Å². The number of hydrogen-bond donors (Lipinski definition) is 2. The maximum Gasteiger partial charge on any atom is 0.254 e. The molecule has 24 heavy (non-hydrogen) atoms. The third-order valence-corrected chi connectivity index (χ3v) is 3.61. The third kappa shape index (κ3) is 4.43. The third-order valence-electron chi connectivity index (χ3n) is 3.61. The Morgan fingerprint density at radius 3 is 2.04 bits per heavy atom. The van der Waals surface area contributed by atoms with E-state index in [1.165, 1.54) is 7.11 Å². The van der Waals surface area contributed by atoms with Crippen molar-refractivity contribution in [2.75, 3.05) is 12.4 Å². The SMILES string of the molecule is COC(C(=O)NC(C)(C)C(=O)Nc1ccccc1)c1ccccc1. The second-order valence-electron chi connectivity index (χ2n) is 5.96. The Kier molecular flexibility index (Phi) is 5.71. The molecule has 0 bridgehead atoms. The van der Waals surface area contributed by atoms with E-state index in [2.05, 4.69) is 10.6 Å². The van der Waals surface area contributed by atoms with E-state index in [1.807, 2.05) is 48.5 Å². The van der Waals surface area contributed by atoms with Crippen LogP contribution in [0.5, 0.6) is 0 Å². The van der Waals surface area contributed by atoms with Gasteiger partial charge in [0.15, 0.2) is 6.10 Å². The van der Waals surface area contributed by atoms with Gasteiger partial charge in [-0.1, -0.05) is 48.5 Å². The summed E-state index contributed by atoms with van der Waals surface area (Å²) in [6.07, 6.45) is -0.769. The Morgan fingerprint density at radius 1 is 0.958 bits per heavy atom. The number of rotatable bonds is 6. The molecule has 0 aromatic heterocycles. The van der Waals surface area contributed by atoms with Crippen LogP contribution in [0.4, 0.5) is 5.69 Å². The Bertz CT molecular complexity index is 684. The highest BCUT2D eigenvalue weighted by atomic mass is 16.5. The second kappa shape index (κ2) is 7.75. The molecule has 2 aromatic carbocycles. The van der Waals surface area contributed by atoms with E-state index in [9.17, 15) is 9.59 Å². The van der Waals surface area contributed by atoms with Crippen LogP contribution in [0.2, 0.25) is 0 Å². The van der Waals surface area contributed by atoms with Crippen LogP contribution in [0.25, 0.3) is 0 Å². The zero-order valence-corrected chi connectivity index (χ0v) is 14.1. The minimum atomic E-state index is -1.08. The van der Waals surface area contributed by atoms with Crippen molar-refractivity contribution in [2.24, 2.45) is 0 Å². The van der Waals surface area contributed by atoms with Gasteiger partial charge in [-0.05, 0) is 31.5 Å². The lowest BCUT2D eigenvalue weighted by molar-refractivity contribution is -0.136. The van der Waals surface area contributed by atoms with E-state index < -0.39 is 11.6 Å². The maximum absolute atomic E-state index is 12.5. The van der Waals surface area contributed by atoms with Gasteiger partial charge in [0.25, 0.3) is 5.91 Å². The summed E-state index contributed by atoms with van der Waals surface area (Å²) in [5.41, 5.74) is 0.325. The molecule has 0 radical (unpaired) electrons. The van der Waals surface area contributed by atoms with Gasteiger partial charge in [-0.15, -0.1) is 0 Å². The van der Waals surface area contributed by atoms with Gasteiger partial charge in [-0.2, -0.15) is 0 Å². The Labute approximate surface area is 142 Å². The minimum absolute atomic E-state index is 0.301. The molecule has 0 aliphatic rings. The van der Waals surface area contributed by atoms with Crippen molar-refractivity contribution >= 4 is 17.5 Å². The first-order valence-corrected chi connectivity index (χ1v) is 7.70. The summed E-state index contributed by atoms with van der Waals surface area (Å²) in [7, 11) is 1.47. The fraction of sp³-hybridized carbons (Fsp3) is 0.263. The molecule has 0 heterocycles. The molecule has 2 aromatic rings. The van der Waals surface area contributed by atoms with E-state index in [-0.39, 0.29) is 11.8 Å². The molecule has 0 fully saturated rings. The molecule has 1 unspecified atom stereocenters. The van der Waals surface area contributed by atoms with Gasteiger partial charge < -0.3 is 15.4 Å². The maximum atomic E-state index is 12.5. The number of carbonyl (C=O) groups excluding carboxylic acids is 2. The molecule has 2 N–H and O–H groups in total. The molecule has 0 aliphatic heterocycles. The van der Waals surface area contributed by atoms with Crippen LogP contribution in [-0.2, 0) is 14.3 Å². The molecular formula is C19H22N2O3. The zero-order valence-electron chi connectivity index (χ0n) is 14.1. The lowest BCUT2D eigenvalue weighted by Gasteiger charge is -2.27. The standard InChI is InChI=1S/C19H22N2O3/c1-19(2,18(23)20-15-12-8-5-9-13-15)21-17(22)16(24-3)14-10-6-4-7-11-14/h4-13,16H,1-3H3,(H,20,23)(H,21,22). The van der Waals surface area contributed by atoms with E-state index in [0.717, 1.165) is 5.56 Å². The molecule has 5 nitrogen and oxygen atoms in total. The lowest BCUT2D eigenvalue weighted by atomic mass is 10.0. The van der Waals surface area contributed by atoms with Crippen molar-refractivity contribution in [3.63, 3.8) is 0 Å². The molecule has 0 spiro atoms. The molecule has 5 heteroatoms. The van der Waals surface area contributed by atoms with Crippen molar-refractivity contribution in [1.82, 2.24) is 5.32 Å². The fourth-order valence-corrected chi connectivity index (χ4v) is 2.26. The number of methoxy groups -OCH3 is 1. The predicted octanol–water partition coefficient (Wildman–Crippen LogP) is 2.91. The van der Waals surface area contributed by atoms with Gasteiger partial charge in [0.2, 0.25) is 5.91 Å². The Hall–Kier alpha value is -2.66. The van der Waals surface area contributed by atoms with Gasteiger partial charge in [-0.25, -0.2) is 0 Å².